The van der Waals surface area contributed by atoms with Crippen LogP contribution in [-0.4, -0.2) is 11.6 Å². The SMILES string of the molecule is CCC(N)(N)c1cccc2c1C(=O)c1ccccc1C2=O. The number of rotatable bonds is 2. The van der Waals surface area contributed by atoms with Crippen molar-refractivity contribution in [2.24, 2.45) is 11.5 Å². The maximum Gasteiger partial charge on any atom is 0.194 e. The number of fused-ring (bicyclic) bond motifs is 2. The molecule has 1 aliphatic carbocycles. The first kappa shape index (κ1) is 13.7. The van der Waals surface area contributed by atoms with Crippen LogP contribution < -0.4 is 11.5 Å². The highest BCUT2D eigenvalue weighted by Gasteiger charge is 2.35. The monoisotopic (exact) mass is 280 g/mol. The number of hydrogen-bond donors (Lipinski definition) is 2. The quantitative estimate of drug-likeness (QED) is 0.702. The number of carbonyl (C=O) groups excluding carboxylic acids is 2. The third kappa shape index (κ3) is 1.92. The van der Waals surface area contributed by atoms with Gasteiger partial charge in [-0.25, -0.2) is 0 Å². The van der Waals surface area contributed by atoms with Crippen LogP contribution in [0.5, 0.6) is 0 Å². The molecule has 1 aliphatic rings. The van der Waals surface area contributed by atoms with Gasteiger partial charge >= 0.3 is 0 Å². The van der Waals surface area contributed by atoms with Gasteiger partial charge in [-0.3, -0.25) is 9.59 Å². The van der Waals surface area contributed by atoms with Gasteiger partial charge in [0.1, 0.15) is 0 Å². The third-order valence-electron chi connectivity index (χ3n) is 4.04. The Kier molecular flexibility index (Phi) is 3.01. The molecule has 2 aromatic carbocycles. The van der Waals surface area contributed by atoms with Gasteiger partial charge in [0.25, 0.3) is 0 Å². The third-order valence-corrected chi connectivity index (χ3v) is 4.04. The van der Waals surface area contributed by atoms with Crippen LogP contribution in [0.4, 0.5) is 0 Å². The molecule has 0 heterocycles. The van der Waals surface area contributed by atoms with Crippen molar-refractivity contribution in [2.45, 2.75) is 19.0 Å². The van der Waals surface area contributed by atoms with Crippen LogP contribution in [0.15, 0.2) is 42.5 Å². The van der Waals surface area contributed by atoms with E-state index in [2.05, 4.69) is 0 Å². The molecule has 106 valence electrons. The van der Waals surface area contributed by atoms with E-state index in [1.807, 2.05) is 6.92 Å². The lowest BCUT2D eigenvalue weighted by atomic mass is 9.79. The van der Waals surface area contributed by atoms with E-state index in [9.17, 15) is 9.59 Å². The lowest BCUT2D eigenvalue weighted by molar-refractivity contribution is 0.0977. The van der Waals surface area contributed by atoms with Crippen molar-refractivity contribution < 1.29 is 9.59 Å². The number of carbonyl (C=O) groups is 2. The van der Waals surface area contributed by atoms with Gasteiger partial charge in [0.2, 0.25) is 0 Å². The summed E-state index contributed by atoms with van der Waals surface area (Å²) in [4.78, 5) is 25.4. The summed E-state index contributed by atoms with van der Waals surface area (Å²) in [5, 5.41) is 0. The Labute approximate surface area is 122 Å². The van der Waals surface area contributed by atoms with Gasteiger partial charge in [-0.05, 0) is 12.0 Å². The highest BCUT2D eigenvalue weighted by atomic mass is 16.1. The molecule has 0 aromatic heterocycles. The molecule has 3 rings (SSSR count). The molecule has 0 radical (unpaired) electrons. The van der Waals surface area contributed by atoms with Gasteiger partial charge in [0, 0.05) is 22.3 Å². The summed E-state index contributed by atoms with van der Waals surface area (Å²) >= 11 is 0. The minimum absolute atomic E-state index is 0.158. The molecule has 0 amide bonds. The van der Waals surface area contributed by atoms with Crippen molar-refractivity contribution in [3.8, 4) is 0 Å². The molecule has 0 aliphatic heterocycles. The van der Waals surface area contributed by atoms with E-state index in [1.54, 1.807) is 42.5 Å². The van der Waals surface area contributed by atoms with E-state index >= 15 is 0 Å². The van der Waals surface area contributed by atoms with Crippen LogP contribution in [0, 0.1) is 0 Å². The minimum atomic E-state index is -1.13. The van der Waals surface area contributed by atoms with Crippen LogP contribution >= 0.6 is 0 Å². The number of ketones is 2. The normalized spacial score (nSPS) is 13.9. The van der Waals surface area contributed by atoms with E-state index in [0.29, 0.717) is 34.2 Å². The molecule has 2 aromatic rings. The summed E-state index contributed by atoms with van der Waals surface area (Å²) in [7, 11) is 0. The standard InChI is InChI=1S/C17H16N2O2/c1-2-17(18,19)13-9-5-8-12-14(13)16(21)11-7-4-3-6-10(11)15(12)20/h3-9H,2,18-19H2,1H3. The van der Waals surface area contributed by atoms with E-state index in [4.69, 9.17) is 11.5 Å². The fraction of sp³-hybridized carbons (Fsp3) is 0.176. The Balaban J connectivity index is 2.31. The second kappa shape index (κ2) is 4.62. The van der Waals surface area contributed by atoms with Crippen molar-refractivity contribution in [3.05, 3.63) is 70.3 Å². The maximum absolute atomic E-state index is 12.8. The van der Waals surface area contributed by atoms with Gasteiger partial charge in [0.05, 0.1) is 5.66 Å². The summed E-state index contributed by atoms with van der Waals surface area (Å²) in [6.07, 6.45) is 0.465. The average molecular weight is 280 g/mol. The molecule has 0 fully saturated rings. The number of nitrogens with two attached hydrogens (primary N) is 2. The summed E-state index contributed by atoms with van der Waals surface area (Å²) in [5.74, 6) is -0.349. The topological polar surface area (TPSA) is 86.2 Å². The Bertz CT molecular complexity index is 763. The van der Waals surface area contributed by atoms with Gasteiger partial charge in [-0.2, -0.15) is 0 Å². The van der Waals surface area contributed by atoms with Gasteiger partial charge in [-0.1, -0.05) is 49.4 Å². The number of hydrogen-bond acceptors (Lipinski definition) is 4. The molecule has 0 saturated carbocycles. The fourth-order valence-electron chi connectivity index (χ4n) is 2.72. The zero-order valence-corrected chi connectivity index (χ0v) is 11.7. The smallest absolute Gasteiger partial charge is 0.194 e. The highest BCUT2D eigenvalue weighted by Crippen LogP contribution is 2.32. The Morgan fingerprint density at radius 1 is 0.857 bits per heavy atom. The molecular weight excluding hydrogens is 264 g/mol. The lowest BCUT2D eigenvalue weighted by Crippen LogP contribution is -2.47. The first-order valence-electron chi connectivity index (χ1n) is 6.87. The van der Waals surface area contributed by atoms with Gasteiger partial charge < -0.3 is 11.5 Å². The van der Waals surface area contributed by atoms with Crippen LogP contribution in [0.3, 0.4) is 0 Å². The first-order chi connectivity index (χ1) is 9.97. The molecule has 21 heavy (non-hydrogen) atoms. The van der Waals surface area contributed by atoms with E-state index in [1.165, 1.54) is 0 Å². The van der Waals surface area contributed by atoms with Crippen molar-refractivity contribution in [2.75, 3.05) is 0 Å². The second-order valence-electron chi connectivity index (χ2n) is 5.33. The predicted molar refractivity (Wildman–Crippen MR) is 80.1 cm³/mol. The number of benzene rings is 2. The van der Waals surface area contributed by atoms with Crippen LogP contribution in [-0.2, 0) is 5.66 Å². The highest BCUT2D eigenvalue weighted by molar-refractivity contribution is 6.28. The summed E-state index contributed by atoms with van der Waals surface area (Å²) in [5.41, 5.74) is 13.2. The van der Waals surface area contributed by atoms with Crippen molar-refractivity contribution in [1.82, 2.24) is 0 Å². The fourth-order valence-corrected chi connectivity index (χ4v) is 2.72. The molecule has 0 spiro atoms. The molecule has 4 heteroatoms. The summed E-state index contributed by atoms with van der Waals surface area (Å²) in [6.45, 7) is 1.85. The molecule has 4 nitrogen and oxygen atoms in total. The lowest BCUT2D eigenvalue weighted by Gasteiger charge is -2.28. The van der Waals surface area contributed by atoms with Crippen LogP contribution in [0.25, 0.3) is 0 Å². The van der Waals surface area contributed by atoms with Crippen molar-refractivity contribution in [3.63, 3.8) is 0 Å². The summed E-state index contributed by atoms with van der Waals surface area (Å²) in [6, 6.07) is 11.9. The predicted octanol–water partition coefficient (Wildman–Crippen LogP) is 1.94. The Morgan fingerprint density at radius 2 is 1.43 bits per heavy atom. The Morgan fingerprint density at radius 3 is 2.05 bits per heavy atom. The average Bonchev–Trinajstić information content (AvgIpc) is 2.52. The summed E-state index contributed by atoms with van der Waals surface area (Å²) < 4.78 is 0. The molecule has 0 unspecified atom stereocenters. The zero-order valence-electron chi connectivity index (χ0n) is 11.7. The van der Waals surface area contributed by atoms with E-state index in [-0.39, 0.29) is 11.6 Å². The van der Waals surface area contributed by atoms with Crippen LogP contribution in [0.2, 0.25) is 0 Å². The van der Waals surface area contributed by atoms with E-state index < -0.39 is 5.66 Å². The molecule has 4 N–H and O–H groups in total. The second-order valence-corrected chi connectivity index (χ2v) is 5.33. The first-order valence-corrected chi connectivity index (χ1v) is 6.87. The Hall–Kier alpha value is -2.30. The van der Waals surface area contributed by atoms with Crippen molar-refractivity contribution >= 4 is 11.6 Å². The molecular formula is C17H16N2O2. The largest absolute Gasteiger partial charge is 0.310 e. The van der Waals surface area contributed by atoms with Crippen molar-refractivity contribution in [1.29, 1.82) is 0 Å². The minimum Gasteiger partial charge on any atom is -0.310 e. The van der Waals surface area contributed by atoms with E-state index in [0.717, 1.165) is 0 Å². The van der Waals surface area contributed by atoms with Gasteiger partial charge in [-0.15, -0.1) is 0 Å². The zero-order chi connectivity index (χ0) is 15.2. The maximum atomic E-state index is 12.8. The van der Waals surface area contributed by atoms with Crippen LogP contribution in [0.1, 0.15) is 50.8 Å². The molecule has 0 bridgehead atoms. The molecule has 0 atom stereocenters. The van der Waals surface area contributed by atoms with Gasteiger partial charge in [0.15, 0.2) is 11.6 Å². The molecule has 0 saturated heterocycles.